The van der Waals surface area contributed by atoms with Crippen molar-refractivity contribution in [3.8, 4) is 0 Å². The fourth-order valence-electron chi connectivity index (χ4n) is 5.65. The second-order valence-corrected chi connectivity index (χ2v) is 13.9. The lowest BCUT2D eigenvalue weighted by Crippen LogP contribution is -2.14. The second-order valence-electron chi connectivity index (χ2n) is 13.4. The SMILES string of the molecule is C=C1/C(=C\Br)c2cc(C(C)(C)C)cc(c2C)CCCCCCCCCCc2cc(C(C)(C)C)cc1c2C. The fourth-order valence-corrected chi connectivity index (χ4v) is 6.17. The molecule has 0 atom stereocenters. The zero-order valence-corrected chi connectivity index (χ0v) is 26.6. The maximum Gasteiger partial charge on any atom is -0.00391 e. The van der Waals surface area contributed by atoms with Gasteiger partial charge in [-0.3, -0.25) is 0 Å². The minimum absolute atomic E-state index is 0.0992. The third kappa shape index (κ3) is 7.50. The minimum Gasteiger partial charge on any atom is -0.0905 e. The molecule has 1 heteroatoms. The van der Waals surface area contributed by atoms with Gasteiger partial charge in [-0.1, -0.05) is 127 Å². The van der Waals surface area contributed by atoms with Gasteiger partial charge in [-0.2, -0.15) is 0 Å². The van der Waals surface area contributed by atoms with Crippen LogP contribution in [0.2, 0.25) is 0 Å². The van der Waals surface area contributed by atoms with Crippen LogP contribution >= 0.6 is 15.9 Å². The second kappa shape index (κ2) is 12.5. The lowest BCUT2D eigenvalue weighted by molar-refractivity contribution is 0.564. The first-order valence-corrected chi connectivity index (χ1v) is 15.5. The molecule has 0 saturated carbocycles. The summed E-state index contributed by atoms with van der Waals surface area (Å²) in [5.41, 5.74) is 13.8. The summed E-state index contributed by atoms with van der Waals surface area (Å²) in [5, 5.41) is 0. The van der Waals surface area contributed by atoms with Crippen molar-refractivity contribution >= 4 is 27.1 Å². The van der Waals surface area contributed by atoms with Crippen LogP contribution in [0, 0.1) is 13.8 Å². The van der Waals surface area contributed by atoms with Gasteiger partial charge in [0.05, 0.1) is 0 Å². The molecule has 37 heavy (non-hydrogen) atoms. The van der Waals surface area contributed by atoms with E-state index in [0.29, 0.717) is 0 Å². The van der Waals surface area contributed by atoms with Crippen molar-refractivity contribution in [2.45, 2.75) is 130 Å². The van der Waals surface area contributed by atoms with Gasteiger partial charge in [0.2, 0.25) is 0 Å². The molecule has 0 amide bonds. The zero-order chi connectivity index (χ0) is 27.4. The lowest BCUT2D eigenvalue weighted by atomic mass is 9.78. The van der Waals surface area contributed by atoms with E-state index in [1.54, 1.807) is 0 Å². The van der Waals surface area contributed by atoms with Crippen LogP contribution in [0.25, 0.3) is 11.1 Å². The van der Waals surface area contributed by atoms with Crippen molar-refractivity contribution in [1.82, 2.24) is 0 Å². The largest absolute Gasteiger partial charge is 0.0905 e. The molecule has 0 spiro atoms. The maximum absolute atomic E-state index is 4.74. The number of halogens is 1. The summed E-state index contributed by atoms with van der Waals surface area (Å²) >= 11 is 3.79. The van der Waals surface area contributed by atoms with E-state index in [4.69, 9.17) is 6.58 Å². The van der Waals surface area contributed by atoms with Crippen molar-refractivity contribution in [3.63, 3.8) is 0 Å². The molecule has 1 aliphatic rings. The summed E-state index contributed by atoms with van der Waals surface area (Å²) in [7, 11) is 0. The molecule has 0 unspecified atom stereocenters. The molecule has 0 heterocycles. The Labute approximate surface area is 237 Å². The zero-order valence-electron chi connectivity index (χ0n) is 25.0. The molecule has 0 nitrogen and oxygen atoms in total. The van der Waals surface area contributed by atoms with E-state index < -0.39 is 0 Å². The van der Waals surface area contributed by atoms with Crippen LogP contribution in [0.15, 0.2) is 35.8 Å². The highest BCUT2D eigenvalue weighted by Crippen LogP contribution is 2.40. The third-order valence-corrected chi connectivity index (χ3v) is 8.91. The number of allylic oxidation sites excluding steroid dienone is 2. The molecular formula is C36H51Br. The Morgan fingerprint density at radius 2 is 1.00 bits per heavy atom. The van der Waals surface area contributed by atoms with E-state index in [1.807, 2.05) is 0 Å². The van der Waals surface area contributed by atoms with Crippen LogP contribution in [0.5, 0.6) is 0 Å². The molecule has 0 fully saturated rings. The number of aryl methyl sites for hydroxylation is 2. The van der Waals surface area contributed by atoms with Gasteiger partial charge in [0.1, 0.15) is 0 Å². The van der Waals surface area contributed by atoms with E-state index in [1.165, 1.54) is 101 Å². The number of rotatable bonds is 0. The van der Waals surface area contributed by atoms with Gasteiger partial charge in [-0.15, -0.1) is 0 Å². The molecular weight excluding hydrogens is 512 g/mol. The molecule has 3 rings (SSSR count). The highest BCUT2D eigenvalue weighted by atomic mass is 79.9. The van der Waals surface area contributed by atoms with Gasteiger partial charge < -0.3 is 0 Å². The first-order valence-electron chi connectivity index (χ1n) is 14.6. The smallest absolute Gasteiger partial charge is 0.00391 e. The molecule has 0 saturated heterocycles. The molecule has 2 aromatic carbocycles. The van der Waals surface area contributed by atoms with Gasteiger partial charge in [0.25, 0.3) is 0 Å². The van der Waals surface area contributed by atoms with Crippen LogP contribution < -0.4 is 0 Å². The first kappa shape index (κ1) is 29.9. The van der Waals surface area contributed by atoms with E-state index in [-0.39, 0.29) is 10.8 Å². The lowest BCUT2D eigenvalue weighted by Gasteiger charge is -2.27. The Morgan fingerprint density at radius 3 is 1.41 bits per heavy atom. The monoisotopic (exact) mass is 562 g/mol. The summed E-state index contributed by atoms with van der Waals surface area (Å²) in [6, 6.07) is 9.81. The van der Waals surface area contributed by atoms with E-state index in [2.05, 4.69) is 101 Å². The quantitative estimate of drug-likeness (QED) is 0.299. The summed E-state index contributed by atoms with van der Waals surface area (Å²) in [6.45, 7) is 23.4. The number of hydrogen-bond donors (Lipinski definition) is 0. The normalized spacial score (nSPS) is 18.0. The summed E-state index contributed by atoms with van der Waals surface area (Å²) < 4.78 is 0. The summed E-state index contributed by atoms with van der Waals surface area (Å²) in [5.74, 6) is 0. The highest BCUT2D eigenvalue weighted by Gasteiger charge is 2.23. The average molecular weight is 564 g/mol. The average Bonchev–Trinajstić information content (AvgIpc) is 2.81. The molecule has 1 aliphatic carbocycles. The predicted octanol–water partition coefficient (Wildman–Crippen LogP) is 11.6. The van der Waals surface area contributed by atoms with Gasteiger partial charge in [-0.05, 0) is 111 Å². The Morgan fingerprint density at radius 1 is 0.622 bits per heavy atom. The van der Waals surface area contributed by atoms with Crippen LogP contribution in [0.4, 0.5) is 0 Å². The van der Waals surface area contributed by atoms with E-state index in [0.717, 1.165) is 18.4 Å². The van der Waals surface area contributed by atoms with Crippen LogP contribution in [0.3, 0.4) is 0 Å². The molecule has 2 aromatic rings. The van der Waals surface area contributed by atoms with E-state index in [9.17, 15) is 0 Å². The molecule has 0 radical (unpaired) electrons. The molecule has 0 N–H and O–H groups in total. The molecule has 4 bridgehead atoms. The van der Waals surface area contributed by atoms with Gasteiger partial charge in [-0.25, -0.2) is 0 Å². The van der Waals surface area contributed by atoms with Crippen molar-refractivity contribution in [2.75, 3.05) is 0 Å². The molecule has 0 aliphatic heterocycles. The Balaban J connectivity index is 2.21. The first-order chi connectivity index (χ1) is 17.3. The fraction of sp³-hybridized carbons (Fsp3) is 0.556. The van der Waals surface area contributed by atoms with Crippen LogP contribution in [0.1, 0.15) is 137 Å². The van der Waals surface area contributed by atoms with Gasteiger partial charge >= 0.3 is 0 Å². The third-order valence-electron chi connectivity index (χ3n) is 8.45. The molecule has 0 aromatic heterocycles. The minimum atomic E-state index is 0.0992. The van der Waals surface area contributed by atoms with E-state index >= 15 is 0 Å². The topological polar surface area (TPSA) is 0 Å². The van der Waals surface area contributed by atoms with Crippen molar-refractivity contribution < 1.29 is 0 Å². The number of benzene rings is 2. The Hall–Kier alpha value is -1.60. The summed E-state index contributed by atoms with van der Waals surface area (Å²) in [4.78, 5) is 2.12. The van der Waals surface area contributed by atoms with Crippen LogP contribution in [-0.2, 0) is 23.7 Å². The van der Waals surface area contributed by atoms with Crippen molar-refractivity contribution in [2.24, 2.45) is 0 Å². The van der Waals surface area contributed by atoms with Crippen LogP contribution in [-0.4, -0.2) is 0 Å². The Kier molecular flexibility index (Phi) is 10.1. The number of hydrogen-bond acceptors (Lipinski definition) is 0. The Bertz CT molecular complexity index is 1130. The summed E-state index contributed by atoms with van der Waals surface area (Å²) in [6.07, 6.45) is 13.0. The standard InChI is InChI=1S/C36H51Br/c1-25-28-18-16-14-12-10-11-13-15-17-19-29-21-31(36(7,8)9)23-33(26(29)2)34(24-37)27(3)32(25)22-30(20-28)35(4,5)6/h20-24H,3,10-19H2,1-2,4-9H3/b34-24+. The van der Waals surface area contributed by atoms with Gasteiger partial charge in [0.15, 0.2) is 0 Å². The van der Waals surface area contributed by atoms with Gasteiger partial charge in [0, 0.05) is 0 Å². The van der Waals surface area contributed by atoms with Crippen molar-refractivity contribution in [3.05, 3.63) is 80.3 Å². The predicted molar refractivity (Wildman–Crippen MR) is 170 cm³/mol. The maximum atomic E-state index is 4.74. The van der Waals surface area contributed by atoms with Crippen molar-refractivity contribution in [1.29, 1.82) is 0 Å². The number of fused-ring (bicyclic) bond motifs is 4. The highest BCUT2D eigenvalue weighted by molar-refractivity contribution is 9.11. The molecule has 202 valence electrons.